The molecule has 3 saturated heterocycles. The minimum Gasteiger partial charge on any atom is -0.394 e. The molecule has 21 nitrogen and oxygen atoms in total. The van der Waals surface area contributed by atoms with Gasteiger partial charge in [-0.05, 0) is 6.92 Å². The average Bonchev–Trinajstić information content (AvgIpc) is 2.97. The quantitative estimate of drug-likeness (QED) is 0.0728. The summed E-state index contributed by atoms with van der Waals surface area (Å²) in [5, 5.41) is 113. The zero-order valence-corrected chi connectivity index (χ0v) is 21.4. The molecule has 0 aliphatic carbocycles. The second-order valence-corrected chi connectivity index (χ2v) is 9.90. The molecule has 3 aliphatic rings. The van der Waals surface area contributed by atoms with Gasteiger partial charge in [0.05, 0.1) is 19.3 Å². The first-order valence-corrected chi connectivity index (χ1v) is 12.2. The smallest absolute Gasteiger partial charge is 0.297 e. The van der Waals surface area contributed by atoms with Crippen molar-refractivity contribution in [1.82, 2.24) is 10.4 Å². The van der Waals surface area contributed by atoms with Gasteiger partial charge < -0.3 is 75.1 Å². The van der Waals surface area contributed by atoms with Crippen molar-refractivity contribution >= 4 is 11.8 Å². The number of carbonyl (C=O) groups excluding carboxylic acids is 2. The van der Waals surface area contributed by atoms with E-state index in [2.05, 4.69) is 0 Å². The van der Waals surface area contributed by atoms with E-state index in [1.54, 1.807) is 0 Å². The largest absolute Gasteiger partial charge is 0.394 e. The van der Waals surface area contributed by atoms with Gasteiger partial charge in [0, 0.05) is 0 Å². The number of rotatable bonds is 7. The number of nitrogens with one attached hydrogen (secondary N) is 1. The van der Waals surface area contributed by atoms with E-state index in [0.717, 1.165) is 0 Å². The lowest BCUT2D eigenvalue weighted by Gasteiger charge is -2.54. The van der Waals surface area contributed by atoms with Gasteiger partial charge in [0.25, 0.3) is 17.6 Å². The van der Waals surface area contributed by atoms with Gasteiger partial charge in [0.1, 0.15) is 61.0 Å². The molecular weight excluding hydrogens is 568 g/mol. The number of amides is 2. The van der Waals surface area contributed by atoms with Gasteiger partial charge in [-0.3, -0.25) is 15.0 Å². The van der Waals surface area contributed by atoms with Crippen LogP contribution in [0, 0.1) is 0 Å². The standard InChI is InChI=1S/C20H36N4O17/c1-4-6(27)7(28)9(30)15(38-4)24(22)18(37)19(3-26)13(33)11(32)14(34)20(41-19,17(36)23-21)40-12-5(2-25)39-16(35)10(31)8(12)29/h4-16,25-35H,2-3,21-22H2,1H3,(H,23,36)/t4-,5-,6+,7+,8-,9-,10-,11+,12-,13-,14-,15?,16+,19-,20+/m1/s1. The van der Waals surface area contributed by atoms with E-state index in [-0.39, 0.29) is 5.01 Å². The van der Waals surface area contributed by atoms with Crippen LogP contribution in [0.4, 0.5) is 0 Å². The molecule has 238 valence electrons. The fourth-order valence-corrected chi connectivity index (χ4v) is 4.86. The molecule has 3 fully saturated rings. The van der Waals surface area contributed by atoms with Crippen molar-refractivity contribution in [2.75, 3.05) is 13.2 Å². The second-order valence-electron chi connectivity index (χ2n) is 9.90. The van der Waals surface area contributed by atoms with Crippen LogP contribution in [0.15, 0.2) is 0 Å². The van der Waals surface area contributed by atoms with Crippen LogP contribution in [-0.2, 0) is 28.5 Å². The number of carbonyl (C=O) groups is 2. The summed E-state index contributed by atoms with van der Waals surface area (Å²) in [6, 6.07) is 0. The van der Waals surface area contributed by atoms with Crippen LogP contribution in [-0.4, -0.2) is 177 Å². The Morgan fingerprint density at radius 3 is 2.02 bits per heavy atom. The Labute approximate surface area is 230 Å². The molecule has 0 bridgehead atoms. The SMILES string of the molecule is C[C@H]1OC(N(N)C(=O)[C@]2(CO)O[C@](O[C@H]3[C@H](O)[C@@H](O)[C@@H](O)O[C@@H]3CO)(C(=O)NN)[C@H](O)[C@@H](O)[C@H]2O)[C@H](O)[C@@H](O)[C@H]1O. The number of ether oxygens (including phenoxy) is 4. The monoisotopic (exact) mass is 604 g/mol. The first-order valence-electron chi connectivity index (χ1n) is 12.2. The van der Waals surface area contributed by atoms with E-state index >= 15 is 0 Å². The summed E-state index contributed by atoms with van der Waals surface area (Å²) in [7, 11) is 0. The average molecular weight is 605 g/mol. The molecule has 41 heavy (non-hydrogen) atoms. The molecule has 2 amide bonds. The van der Waals surface area contributed by atoms with Gasteiger partial charge in [0.2, 0.25) is 5.60 Å². The van der Waals surface area contributed by atoms with E-state index in [1.807, 2.05) is 0 Å². The predicted molar refractivity (Wildman–Crippen MR) is 122 cm³/mol. The molecule has 3 heterocycles. The number of nitrogens with two attached hydrogens (primary N) is 2. The van der Waals surface area contributed by atoms with Crippen molar-refractivity contribution in [3.05, 3.63) is 0 Å². The van der Waals surface area contributed by atoms with Crippen LogP contribution in [0.3, 0.4) is 0 Å². The highest BCUT2D eigenvalue weighted by Crippen LogP contribution is 2.41. The maximum Gasteiger partial charge on any atom is 0.297 e. The molecule has 16 N–H and O–H groups in total. The molecule has 15 atom stereocenters. The summed E-state index contributed by atoms with van der Waals surface area (Å²) in [5.74, 6) is 4.08. The highest BCUT2D eigenvalue weighted by Gasteiger charge is 2.70. The van der Waals surface area contributed by atoms with E-state index in [1.165, 1.54) is 12.3 Å². The highest BCUT2D eigenvalue weighted by molar-refractivity contribution is 5.89. The fraction of sp³-hybridized carbons (Fsp3) is 0.900. The summed E-state index contributed by atoms with van der Waals surface area (Å²) >= 11 is 0. The molecule has 0 spiro atoms. The van der Waals surface area contributed by atoms with E-state index in [4.69, 9.17) is 30.6 Å². The van der Waals surface area contributed by atoms with E-state index in [0.29, 0.717) is 0 Å². The predicted octanol–water partition coefficient (Wildman–Crippen LogP) is -10.1. The third-order valence-electron chi connectivity index (χ3n) is 7.38. The van der Waals surface area contributed by atoms with Crippen molar-refractivity contribution in [2.24, 2.45) is 11.7 Å². The Morgan fingerprint density at radius 1 is 0.878 bits per heavy atom. The lowest BCUT2D eigenvalue weighted by molar-refractivity contribution is -0.401. The topological polar surface area (TPSA) is 361 Å². The van der Waals surface area contributed by atoms with Gasteiger partial charge >= 0.3 is 0 Å². The molecule has 0 aromatic rings. The minimum absolute atomic E-state index is 0.0143. The molecule has 0 aromatic carbocycles. The molecule has 3 rings (SSSR count). The van der Waals surface area contributed by atoms with Crippen LogP contribution >= 0.6 is 0 Å². The van der Waals surface area contributed by atoms with Crippen molar-refractivity contribution in [3.63, 3.8) is 0 Å². The first-order chi connectivity index (χ1) is 19.1. The van der Waals surface area contributed by atoms with Gasteiger partial charge in [-0.1, -0.05) is 0 Å². The Bertz CT molecular complexity index is 949. The molecule has 0 aromatic heterocycles. The number of hydrazine groups is 2. The number of hydrogen-bond acceptors (Lipinski definition) is 19. The summed E-state index contributed by atoms with van der Waals surface area (Å²) in [6.07, 6.45) is -27.0. The van der Waals surface area contributed by atoms with Gasteiger partial charge in [-0.25, -0.2) is 16.7 Å². The number of hydrogen-bond donors (Lipinski definition) is 14. The molecule has 1 unspecified atom stereocenters. The maximum absolute atomic E-state index is 13.6. The van der Waals surface area contributed by atoms with Crippen LogP contribution < -0.4 is 17.1 Å². The molecule has 21 heteroatoms. The highest BCUT2D eigenvalue weighted by atomic mass is 16.8. The second kappa shape index (κ2) is 12.5. The van der Waals surface area contributed by atoms with Crippen LogP contribution in [0.2, 0.25) is 0 Å². The lowest BCUT2D eigenvalue weighted by Crippen LogP contribution is -2.81. The van der Waals surface area contributed by atoms with Crippen LogP contribution in [0.5, 0.6) is 0 Å². The van der Waals surface area contributed by atoms with Crippen molar-refractivity contribution in [1.29, 1.82) is 0 Å². The van der Waals surface area contributed by atoms with Crippen LogP contribution in [0.25, 0.3) is 0 Å². The minimum atomic E-state index is -3.47. The number of aliphatic hydroxyl groups excluding tert-OH is 11. The van der Waals surface area contributed by atoms with E-state index in [9.17, 15) is 65.8 Å². The third kappa shape index (κ3) is 5.43. The summed E-state index contributed by atoms with van der Waals surface area (Å²) < 4.78 is 21.0. The zero-order valence-electron chi connectivity index (χ0n) is 21.4. The third-order valence-corrected chi connectivity index (χ3v) is 7.38. The summed E-state index contributed by atoms with van der Waals surface area (Å²) in [4.78, 5) is 26.7. The molecule has 3 aliphatic heterocycles. The van der Waals surface area contributed by atoms with Crippen molar-refractivity contribution in [2.45, 2.75) is 98.0 Å². The Hall–Kier alpha value is -1.74. The van der Waals surface area contributed by atoms with Crippen molar-refractivity contribution < 1.29 is 84.7 Å². The van der Waals surface area contributed by atoms with Gasteiger partial charge in [-0.15, -0.1) is 0 Å². The van der Waals surface area contributed by atoms with E-state index < -0.39 is 116 Å². The molecule has 0 saturated carbocycles. The summed E-state index contributed by atoms with van der Waals surface area (Å²) in [5.41, 5.74) is -1.75. The Morgan fingerprint density at radius 2 is 1.49 bits per heavy atom. The molecule has 0 radical (unpaired) electrons. The Balaban J connectivity index is 2.08. The van der Waals surface area contributed by atoms with Gasteiger partial charge in [0.15, 0.2) is 12.5 Å². The summed E-state index contributed by atoms with van der Waals surface area (Å²) in [6.45, 7) is -1.44. The maximum atomic E-state index is 13.6. The van der Waals surface area contributed by atoms with Gasteiger partial charge in [-0.2, -0.15) is 0 Å². The Kier molecular flexibility index (Phi) is 10.3. The fourth-order valence-electron chi connectivity index (χ4n) is 4.86. The lowest BCUT2D eigenvalue weighted by atomic mass is 9.81. The number of aliphatic hydroxyl groups is 11. The first kappa shape index (κ1) is 33.8. The zero-order chi connectivity index (χ0) is 31.2. The normalized spacial score (nSPS) is 48.9. The van der Waals surface area contributed by atoms with Crippen molar-refractivity contribution in [3.8, 4) is 0 Å². The number of nitrogens with zero attached hydrogens (tertiary/aromatic N) is 1. The molecular formula is C20H36N4O17. The van der Waals surface area contributed by atoms with Crippen LogP contribution in [0.1, 0.15) is 6.92 Å².